The topological polar surface area (TPSA) is 9.23 Å². The van der Waals surface area contributed by atoms with Gasteiger partial charge in [-0.3, -0.25) is 0 Å². The molecule has 2 aromatic carbocycles. The Morgan fingerprint density at radius 3 is 2.44 bits per heavy atom. The van der Waals surface area contributed by atoms with Gasteiger partial charge in [0.2, 0.25) is 0 Å². The van der Waals surface area contributed by atoms with Crippen molar-refractivity contribution in [2.45, 2.75) is 0 Å². The summed E-state index contributed by atoms with van der Waals surface area (Å²) < 4.78 is 6.66. The minimum absolute atomic E-state index is 0.465. The van der Waals surface area contributed by atoms with Crippen LogP contribution in [-0.4, -0.2) is 21.6 Å². The summed E-state index contributed by atoms with van der Waals surface area (Å²) in [7, 11) is 1.69. The molecule has 0 amide bonds. The first-order valence-electron chi connectivity index (χ1n) is 5.82. The molecule has 0 unspecified atom stereocenters. The van der Waals surface area contributed by atoms with Crippen molar-refractivity contribution in [2.75, 3.05) is 7.11 Å². The van der Waals surface area contributed by atoms with Gasteiger partial charge in [0, 0.05) is 0 Å². The van der Waals surface area contributed by atoms with E-state index in [4.69, 9.17) is 4.74 Å². The van der Waals surface area contributed by atoms with Crippen LogP contribution in [0.25, 0.3) is 20.8 Å². The van der Waals surface area contributed by atoms with Crippen molar-refractivity contribution in [1.29, 1.82) is 0 Å². The van der Waals surface area contributed by atoms with Crippen LogP contribution in [0.4, 0.5) is 0 Å². The van der Waals surface area contributed by atoms with Crippen molar-refractivity contribution in [2.24, 2.45) is 0 Å². The van der Waals surface area contributed by atoms with E-state index < -0.39 is 0 Å². The Morgan fingerprint density at radius 1 is 0.889 bits per heavy atom. The third kappa shape index (κ3) is 2.05. The zero-order valence-electron chi connectivity index (χ0n) is 10.1. The monoisotopic (exact) mass is 301 g/mol. The second kappa shape index (κ2) is 4.93. The van der Waals surface area contributed by atoms with E-state index in [1.54, 1.807) is 7.11 Å². The van der Waals surface area contributed by atoms with Gasteiger partial charge in [0.05, 0.1) is 0 Å². The van der Waals surface area contributed by atoms with E-state index in [1.165, 1.54) is 20.8 Å². The van der Waals surface area contributed by atoms with Crippen LogP contribution >= 0.6 is 0 Å². The Balaban J connectivity index is 2.18. The van der Waals surface area contributed by atoms with E-state index in [0.29, 0.717) is 14.5 Å². The van der Waals surface area contributed by atoms with Gasteiger partial charge in [0.15, 0.2) is 0 Å². The molecule has 2 heteroatoms. The van der Waals surface area contributed by atoms with Gasteiger partial charge in [0.1, 0.15) is 0 Å². The van der Waals surface area contributed by atoms with E-state index in [0.717, 1.165) is 5.75 Å². The maximum absolute atomic E-state index is 5.20. The van der Waals surface area contributed by atoms with E-state index >= 15 is 0 Å². The summed E-state index contributed by atoms with van der Waals surface area (Å²) in [5.41, 5.74) is 2.55. The molecule has 0 aliphatic heterocycles. The van der Waals surface area contributed by atoms with Crippen LogP contribution in [0.1, 0.15) is 0 Å². The first-order valence-corrected chi connectivity index (χ1v) is 7.67. The number of methoxy groups -OCH3 is 1. The summed E-state index contributed by atoms with van der Waals surface area (Å²) in [6.07, 6.45) is 0. The first-order chi connectivity index (χ1) is 8.88. The van der Waals surface area contributed by atoms with Gasteiger partial charge in [0.25, 0.3) is 0 Å². The summed E-state index contributed by atoms with van der Waals surface area (Å²) in [6.45, 7) is 0. The quantitative estimate of drug-likeness (QED) is 0.653. The molecule has 0 spiro atoms. The van der Waals surface area contributed by atoms with Gasteiger partial charge in [-0.2, -0.15) is 0 Å². The zero-order valence-corrected chi connectivity index (χ0v) is 11.8. The van der Waals surface area contributed by atoms with Crippen molar-refractivity contribution < 1.29 is 4.74 Å². The molecule has 1 nitrogen and oxygen atoms in total. The van der Waals surface area contributed by atoms with E-state index in [9.17, 15) is 0 Å². The summed E-state index contributed by atoms with van der Waals surface area (Å²) in [6, 6.07) is 19.2. The van der Waals surface area contributed by atoms with Crippen molar-refractivity contribution in [1.82, 2.24) is 0 Å². The average molecular weight is 300 g/mol. The van der Waals surface area contributed by atoms with E-state index in [-0.39, 0.29) is 0 Å². The molecular weight excluding hydrogens is 287 g/mol. The molecule has 3 rings (SSSR count). The maximum atomic E-state index is 5.20. The van der Waals surface area contributed by atoms with Crippen LogP contribution in [0, 0.1) is 0 Å². The Kier molecular flexibility index (Phi) is 3.14. The third-order valence-corrected chi connectivity index (χ3v) is 4.86. The van der Waals surface area contributed by atoms with Gasteiger partial charge in [-0.25, -0.2) is 0 Å². The second-order valence-corrected chi connectivity index (χ2v) is 6.05. The van der Waals surface area contributed by atoms with Gasteiger partial charge < -0.3 is 0 Å². The molecule has 0 saturated heterocycles. The van der Waals surface area contributed by atoms with Crippen molar-refractivity contribution in [3.8, 4) is 16.9 Å². The van der Waals surface area contributed by atoms with E-state index in [1.807, 2.05) is 12.1 Å². The minimum atomic E-state index is 0.465. The molecule has 0 saturated carbocycles. The summed E-state index contributed by atoms with van der Waals surface area (Å²) in [5.74, 6) is 0.900. The van der Waals surface area contributed by atoms with Crippen molar-refractivity contribution in [3.63, 3.8) is 0 Å². The van der Waals surface area contributed by atoms with Crippen molar-refractivity contribution in [3.05, 3.63) is 59.5 Å². The molecule has 0 fully saturated rings. The predicted octanol–water partition coefficient (Wildman–Crippen LogP) is 3.85. The number of fused-ring (bicyclic) bond motifs is 1. The number of hydrogen-bond donors (Lipinski definition) is 0. The van der Waals surface area contributed by atoms with Gasteiger partial charge in [-0.1, -0.05) is 0 Å². The summed E-state index contributed by atoms with van der Waals surface area (Å²) in [4.78, 5) is 2.29. The van der Waals surface area contributed by atoms with Crippen LogP contribution in [0.2, 0.25) is 0 Å². The average Bonchev–Trinajstić information content (AvgIpc) is 2.47. The molecule has 0 N–H and O–H groups in total. The molecule has 0 aliphatic carbocycles. The number of benzene rings is 2. The molecule has 0 bridgehead atoms. The zero-order chi connectivity index (χ0) is 12.4. The molecule has 3 aromatic rings. The molecule has 0 atom stereocenters. The summed E-state index contributed by atoms with van der Waals surface area (Å²) in [5, 5.41) is 1.37. The Hall–Kier alpha value is -1.63. The van der Waals surface area contributed by atoms with Crippen LogP contribution in [0.5, 0.6) is 5.75 Å². The van der Waals surface area contributed by atoms with Crippen LogP contribution in [0.3, 0.4) is 0 Å². The Morgan fingerprint density at radius 2 is 1.67 bits per heavy atom. The number of hydrogen-bond acceptors (Lipinski definition) is 1. The van der Waals surface area contributed by atoms with Gasteiger partial charge in [-0.05, 0) is 0 Å². The molecule has 1 heterocycles. The summed E-state index contributed by atoms with van der Waals surface area (Å²) >= 11 is 0.465. The normalized spacial score (nSPS) is 10.5. The number of rotatable bonds is 2. The molecule has 0 radical (unpaired) electrons. The van der Waals surface area contributed by atoms with Crippen molar-refractivity contribution >= 4 is 24.1 Å². The van der Waals surface area contributed by atoms with Crippen LogP contribution < -0.4 is 4.74 Å². The molecular formula is C16H13OSe+. The SMILES string of the molecule is COc1ccc(-c2cc[se+]c3ccccc23)cc1. The fourth-order valence-electron chi connectivity index (χ4n) is 2.08. The van der Waals surface area contributed by atoms with E-state index in [2.05, 4.69) is 47.4 Å². The second-order valence-electron chi connectivity index (χ2n) is 4.06. The predicted molar refractivity (Wildman–Crippen MR) is 77.3 cm³/mol. The van der Waals surface area contributed by atoms with Crippen LogP contribution in [0.15, 0.2) is 59.5 Å². The van der Waals surface area contributed by atoms with Crippen LogP contribution in [-0.2, 0) is 0 Å². The standard InChI is InChI=1S/C16H13OSe/c1-17-13-8-6-12(7-9-13)14-10-11-18-16-5-3-2-4-15(14)16/h2-11H,1H3/q+1. The van der Waals surface area contributed by atoms with Gasteiger partial charge in [-0.15, -0.1) is 0 Å². The molecule has 0 aliphatic rings. The third-order valence-electron chi connectivity index (χ3n) is 3.01. The first kappa shape index (κ1) is 11.5. The number of ether oxygens (including phenoxy) is 1. The Bertz CT molecular complexity index is 669. The fourth-order valence-corrected chi connectivity index (χ4v) is 3.78. The molecule has 1 aromatic heterocycles. The Labute approximate surface area is 112 Å². The molecule has 88 valence electrons. The molecule has 18 heavy (non-hydrogen) atoms. The fraction of sp³-hybridized carbons (Fsp3) is 0.0625. The van der Waals surface area contributed by atoms with Gasteiger partial charge >= 0.3 is 112 Å².